The first-order valence-electron chi connectivity index (χ1n) is 8.78. The maximum atomic E-state index is 13.1. The quantitative estimate of drug-likeness (QED) is 0.445. The molecular weight excluding hydrogens is 435 g/mol. The predicted octanol–water partition coefficient (Wildman–Crippen LogP) is 3.82. The molecule has 4 rings (SSSR count). The predicted molar refractivity (Wildman–Crippen MR) is 104 cm³/mol. The summed E-state index contributed by atoms with van der Waals surface area (Å²) < 4.78 is 71.9. The molecule has 0 fully saturated rings. The van der Waals surface area contributed by atoms with Gasteiger partial charge in [-0.1, -0.05) is 0 Å². The number of aromatic nitrogens is 4. The van der Waals surface area contributed by atoms with E-state index in [-0.39, 0.29) is 16.4 Å². The van der Waals surface area contributed by atoms with Gasteiger partial charge in [0.25, 0.3) is 16.4 Å². The Morgan fingerprint density at radius 2 is 1.65 bits per heavy atom. The number of anilines is 1. The zero-order valence-corrected chi connectivity index (χ0v) is 16.7. The molecule has 0 saturated carbocycles. The molecule has 0 atom stereocenters. The minimum atomic E-state index is -3.89. The lowest BCUT2D eigenvalue weighted by Gasteiger charge is -2.19. The van der Waals surface area contributed by atoms with Crippen LogP contribution in [0, 0.1) is 5.82 Å². The van der Waals surface area contributed by atoms with Gasteiger partial charge in [0.2, 0.25) is 11.7 Å². The third kappa shape index (κ3) is 4.01. The van der Waals surface area contributed by atoms with Crippen molar-refractivity contribution >= 4 is 21.4 Å². The molecule has 0 aliphatic heterocycles. The SMILES string of the molecule is CN(c1ccc(Oc2ccc3nnc(C(F)F)n3n2)cc1)S(=O)(=O)c1ccc(F)cc1. The second kappa shape index (κ2) is 7.87. The number of benzene rings is 2. The molecule has 31 heavy (non-hydrogen) atoms. The highest BCUT2D eigenvalue weighted by Crippen LogP contribution is 2.27. The average Bonchev–Trinajstić information content (AvgIpc) is 3.18. The Labute approximate surface area is 174 Å². The molecule has 2 aromatic heterocycles. The largest absolute Gasteiger partial charge is 0.438 e. The first kappa shape index (κ1) is 20.6. The number of nitrogens with zero attached hydrogens (tertiary/aromatic N) is 5. The van der Waals surface area contributed by atoms with E-state index in [1.54, 1.807) is 0 Å². The Morgan fingerprint density at radius 3 is 2.29 bits per heavy atom. The number of fused-ring (bicyclic) bond motifs is 1. The van der Waals surface area contributed by atoms with Gasteiger partial charge in [0.1, 0.15) is 11.6 Å². The van der Waals surface area contributed by atoms with Gasteiger partial charge in [-0.2, -0.15) is 4.52 Å². The number of rotatable bonds is 6. The Balaban J connectivity index is 1.55. The lowest BCUT2D eigenvalue weighted by atomic mass is 10.3. The van der Waals surface area contributed by atoms with Crippen LogP contribution in [0.2, 0.25) is 0 Å². The molecule has 2 aromatic carbocycles. The summed E-state index contributed by atoms with van der Waals surface area (Å²) in [6.45, 7) is 0. The lowest BCUT2D eigenvalue weighted by Crippen LogP contribution is -2.26. The van der Waals surface area contributed by atoms with Crippen molar-refractivity contribution in [1.29, 1.82) is 0 Å². The average molecular weight is 449 g/mol. The summed E-state index contributed by atoms with van der Waals surface area (Å²) in [5.41, 5.74) is 0.476. The van der Waals surface area contributed by atoms with Gasteiger partial charge < -0.3 is 4.74 Å². The van der Waals surface area contributed by atoms with Crippen molar-refractivity contribution in [2.75, 3.05) is 11.4 Å². The summed E-state index contributed by atoms with van der Waals surface area (Å²) in [7, 11) is -2.52. The van der Waals surface area contributed by atoms with Crippen molar-refractivity contribution in [2.24, 2.45) is 0 Å². The number of ether oxygens (including phenoxy) is 1. The molecule has 0 N–H and O–H groups in total. The summed E-state index contributed by atoms with van der Waals surface area (Å²) in [5, 5.41) is 10.9. The fourth-order valence-electron chi connectivity index (χ4n) is 2.73. The monoisotopic (exact) mass is 449 g/mol. The molecule has 8 nitrogen and oxygen atoms in total. The van der Waals surface area contributed by atoms with E-state index >= 15 is 0 Å². The highest BCUT2D eigenvalue weighted by Gasteiger charge is 2.21. The van der Waals surface area contributed by atoms with Gasteiger partial charge in [0.05, 0.1) is 10.6 Å². The van der Waals surface area contributed by atoms with Crippen LogP contribution in [0.1, 0.15) is 12.2 Å². The Hall–Kier alpha value is -3.67. The number of sulfonamides is 1. The van der Waals surface area contributed by atoms with E-state index in [9.17, 15) is 21.6 Å². The van der Waals surface area contributed by atoms with Crippen molar-refractivity contribution in [3.63, 3.8) is 0 Å². The molecule has 2 heterocycles. The summed E-state index contributed by atoms with van der Waals surface area (Å²) in [6.07, 6.45) is -2.85. The molecular formula is C19H14F3N5O3S. The van der Waals surface area contributed by atoms with Gasteiger partial charge in [-0.05, 0) is 54.6 Å². The van der Waals surface area contributed by atoms with Crippen LogP contribution < -0.4 is 9.04 Å². The van der Waals surface area contributed by atoms with Crippen LogP contribution in [0.25, 0.3) is 5.65 Å². The van der Waals surface area contributed by atoms with Gasteiger partial charge in [-0.3, -0.25) is 4.31 Å². The van der Waals surface area contributed by atoms with Crippen LogP contribution in [-0.4, -0.2) is 35.3 Å². The van der Waals surface area contributed by atoms with E-state index in [4.69, 9.17) is 4.74 Å². The van der Waals surface area contributed by atoms with Crippen LogP contribution in [0.4, 0.5) is 18.9 Å². The fraction of sp³-hybridized carbons (Fsp3) is 0.105. The van der Waals surface area contributed by atoms with Crippen molar-refractivity contribution in [2.45, 2.75) is 11.3 Å². The second-order valence-electron chi connectivity index (χ2n) is 6.32. The van der Waals surface area contributed by atoms with Crippen LogP contribution in [0.5, 0.6) is 11.6 Å². The maximum absolute atomic E-state index is 13.1. The summed E-state index contributed by atoms with van der Waals surface area (Å²) in [4.78, 5) is -0.0574. The topological polar surface area (TPSA) is 89.7 Å². The van der Waals surface area contributed by atoms with Gasteiger partial charge in [0.15, 0.2) is 5.65 Å². The van der Waals surface area contributed by atoms with Crippen molar-refractivity contribution in [1.82, 2.24) is 19.8 Å². The van der Waals surface area contributed by atoms with Gasteiger partial charge in [0, 0.05) is 13.1 Å². The minimum absolute atomic E-state index is 0.0224. The number of alkyl halides is 2. The molecule has 160 valence electrons. The van der Waals surface area contributed by atoms with Crippen LogP contribution >= 0.6 is 0 Å². The first-order chi connectivity index (χ1) is 14.8. The fourth-order valence-corrected chi connectivity index (χ4v) is 3.92. The van der Waals surface area contributed by atoms with Crippen LogP contribution in [0.3, 0.4) is 0 Å². The van der Waals surface area contributed by atoms with Crippen molar-refractivity contribution < 1.29 is 26.3 Å². The number of halogens is 3. The molecule has 12 heteroatoms. The second-order valence-corrected chi connectivity index (χ2v) is 8.29. The molecule has 0 bridgehead atoms. The lowest BCUT2D eigenvalue weighted by molar-refractivity contribution is 0.137. The summed E-state index contributed by atoms with van der Waals surface area (Å²) in [5.74, 6) is -0.824. The number of hydrogen-bond acceptors (Lipinski definition) is 6. The molecule has 0 amide bonds. The smallest absolute Gasteiger partial charge is 0.299 e. The standard InChI is InChI=1S/C19H14F3N5O3S/c1-26(31(28,29)15-8-2-12(20)3-9-15)13-4-6-14(7-5-13)30-17-11-10-16-23-24-19(18(21)22)27(16)25-17/h2-11,18H,1H3. The normalized spacial score (nSPS) is 11.8. The first-order valence-corrected chi connectivity index (χ1v) is 10.2. The highest BCUT2D eigenvalue weighted by atomic mass is 32.2. The summed E-state index contributed by atoms with van der Waals surface area (Å²) >= 11 is 0. The van der Waals surface area contributed by atoms with Gasteiger partial charge >= 0.3 is 0 Å². The molecule has 0 unspecified atom stereocenters. The molecule has 4 aromatic rings. The molecule has 0 aliphatic rings. The zero-order chi connectivity index (χ0) is 22.2. The highest BCUT2D eigenvalue weighted by molar-refractivity contribution is 7.92. The van der Waals surface area contributed by atoms with Crippen molar-refractivity contribution in [3.05, 3.63) is 72.3 Å². The van der Waals surface area contributed by atoms with Gasteiger partial charge in [-0.25, -0.2) is 21.6 Å². The third-order valence-corrected chi connectivity index (χ3v) is 6.15. The number of hydrogen-bond donors (Lipinski definition) is 0. The van der Waals surface area contributed by atoms with E-state index < -0.39 is 28.1 Å². The van der Waals surface area contributed by atoms with E-state index in [0.29, 0.717) is 11.4 Å². The van der Waals surface area contributed by atoms with Crippen LogP contribution in [-0.2, 0) is 10.0 Å². The van der Waals surface area contributed by atoms with E-state index in [0.717, 1.165) is 21.0 Å². The molecule has 0 aliphatic carbocycles. The Bertz CT molecular complexity index is 1330. The molecule has 0 spiro atoms. The zero-order valence-electron chi connectivity index (χ0n) is 15.9. The maximum Gasteiger partial charge on any atom is 0.299 e. The van der Waals surface area contributed by atoms with Crippen LogP contribution in [0.15, 0.2) is 65.6 Å². The van der Waals surface area contributed by atoms with E-state index in [1.165, 1.54) is 55.6 Å². The summed E-state index contributed by atoms with van der Waals surface area (Å²) in [6, 6.07) is 13.4. The van der Waals surface area contributed by atoms with Crippen molar-refractivity contribution in [3.8, 4) is 11.6 Å². The van der Waals surface area contributed by atoms with E-state index in [2.05, 4.69) is 15.3 Å². The van der Waals surface area contributed by atoms with E-state index in [1.807, 2.05) is 0 Å². The minimum Gasteiger partial charge on any atom is -0.438 e. The molecule has 0 saturated heterocycles. The molecule has 0 radical (unpaired) electrons. The third-order valence-electron chi connectivity index (χ3n) is 4.35. The Kier molecular flexibility index (Phi) is 5.23. The van der Waals surface area contributed by atoms with Gasteiger partial charge in [-0.15, -0.1) is 15.3 Å². The Morgan fingerprint density at radius 1 is 0.968 bits per heavy atom.